The first-order chi connectivity index (χ1) is 6.79. The molecule has 1 nitrogen and oxygen atoms in total. The van der Waals surface area contributed by atoms with Gasteiger partial charge in [0.1, 0.15) is 0 Å². The molecule has 0 aromatic carbocycles. The average Bonchev–Trinajstić information content (AvgIpc) is 2.67. The SMILES string of the molecule is CCCC(C)N(CCBr)C1CCCC1. The van der Waals surface area contributed by atoms with E-state index in [-0.39, 0.29) is 0 Å². The minimum atomic E-state index is 0.778. The van der Waals surface area contributed by atoms with E-state index in [0.717, 1.165) is 17.4 Å². The summed E-state index contributed by atoms with van der Waals surface area (Å²) in [6, 6.07) is 1.66. The summed E-state index contributed by atoms with van der Waals surface area (Å²) in [4.78, 5) is 2.73. The highest BCUT2D eigenvalue weighted by Gasteiger charge is 2.25. The van der Waals surface area contributed by atoms with Crippen LogP contribution in [0.3, 0.4) is 0 Å². The predicted molar refractivity (Wildman–Crippen MR) is 67.1 cm³/mol. The van der Waals surface area contributed by atoms with E-state index in [4.69, 9.17) is 0 Å². The molecular formula is C12H24BrN. The Labute approximate surface area is 97.4 Å². The molecule has 0 aromatic rings. The lowest BCUT2D eigenvalue weighted by Crippen LogP contribution is -2.41. The summed E-state index contributed by atoms with van der Waals surface area (Å²) in [7, 11) is 0. The second kappa shape index (κ2) is 6.84. The zero-order valence-corrected chi connectivity index (χ0v) is 11.2. The van der Waals surface area contributed by atoms with Crippen molar-refractivity contribution in [1.29, 1.82) is 0 Å². The van der Waals surface area contributed by atoms with Crippen LogP contribution < -0.4 is 0 Å². The maximum atomic E-state index is 3.57. The van der Waals surface area contributed by atoms with Crippen LogP contribution in [0.1, 0.15) is 52.4 Å². The third-order valence-corrected chi connectivity index (χ3v) is 3.76. The Hall–Kier alpha value is 0.440. The number of hydrogen-bond acceptors (Lipinski definition) is 1. The second-order valence-corrected chi connectivity index (χ2v) is 5.30. The lowest BCUT2D eigenvalue weighted by atomic mass is 10.1. The summed E-state index contributed by atoms with van der Waals surface area (Å²) in [5, 5.41) is 1.12. The average molecular weight is 262 g/mol. The Morgan fingerprint density at radius 1 is 1.36 bits per heavy atom. The highest BCUT2D eigenvalue weighted by atomic mass is 79.9. The van der Waals surface area contributed by atoms with Gasteiger partial charge in [-0.25, -0.2) is 0 Å². The van der Waals surface area contributed by atoms with Crippen LogP contribution in [0.15, 0.2) is 0 Å². The van der Waals surface area contributed by atoms with Crippen LogP contribution in [0.25, 0.3) is 0 Å². The Morgan fingerprint density at radius 3 is 2.50 bits per heavy atom. The summed E-state index contributed by atoms with van der Waals surface area (Å²) >= 11 is 3.57. The van der Waals surface area contributed by atoms with E-state index in [1.165, 1.54) is 45.1 Å². The van der Waals surface area contributed by atoms with Gasteiger partial charge in [0.25, 0.3) is 0 Å². The Balaban J connectivity index is 2.43. The third kappa shape index (κ3) is 3.54. The largest absolute Gasteiger partial charge is 0.297 e. The summed E-state index contributed by atoms with van der Waals surface area (Å²) in [5.74, 6) is 0. The molecule has 1 atom stereocenters. The summed E-state index contributed by atoms with van der Waals surface area (Å²) in [5.41, 5.74) is 0. The van der Waals surface area contributed by atoms with E-state index in [0.29, 0.717) is 0 Å². The first-order valence-electron chi connectivity index (χ1n) is 6.11. The van der Waals surface area contributed by atoms with Crippen LogP contribution in [-0.4, -0.2) is 28.9 Å². The monoisotopic (exact) mass is 261 g/mol. The molecule has 0 aliphatic heterocycles. The summed E-state index contributed by atoms with van der Waals surface area (Å²) < 4.78 is 0. The fourth-order valence-electron chi connectivity index (χ4n) is 2.68. The van der Waals surface area contributed by atoms with Gasteiger partial charge in [0.05, 0.1) is 0 Å². The molecule has 0 radical (unpaired) electrons. The minimum Gasteiger partial charge on any atom is -0.297 e. The van der Waals surface area contributed by atoms with Crippen LogP contribution >= 0.6 is 15.9 Å². The molecule has 0 amide bonds. The van der Waals surface area contributed by atoms with E-state index in [1.54, 1.807) is 0 Å². The van der Waals surface area contributed by atoms with Crippen LogP contribution in [0, 0.1) is 0 Å². The molecule has 84 valence electrons. The number of alkyl halides is 1. The molecule has 1 aliphatic rings. The van der Waals surface area contributed by atoms with Gasteiger partial charge in [0.15, 0.2) is 0 Å². The topological polar surface area (TPSA) is 3.24 Å². The molecule has 0 N–H and O–H groups in total. The maximum absolute atomic E-state index is 3.57. The molecule has 1 fully saturated rings. The quantitative estimate of drug-likeness (QED) is 0.658. The van der Waals surface area contributed by atoms with Crippen molar-refractivity contribution >= 4 is 15.9 Å². The smallest absolute Gasteiger partial charge is 0.0159 e. The molecule has 0 spiro atoms. The number of nitrogens with zero attached hydrogens (tertiary/aromatic N) is 1. The van der Waals surface area contributed by atoms with Crippen molar-refractivity contribution in [2.24, 2.45) is 0 Å². The molecule has 0 bridgehead atoms. The molecule has 1 saturated carbocycles. The van der Waals surface area contributed by atoms with Gasteiger partial charge in [-0.3, -0.25) is 4.90 Å². The number of rotatable bonds is 6. The normalized spacial score (nSPS) is 20.6. The molecule has 2 heteroatoms. The lowest BCUT2D eigenvalue weighted by Gasteiger charge is -2.34. The maximum Gasteiger partial charge on any atom is 0.0159 e. The number of halogens is 1. The lowest BCUT2D eigenvalue weighted by molar-refractivity contribution is 0.148. The highest BCUT2D eigenvalue weighted by molar-refractivity contribution is 9.09. The van der Waals surface area contributed by atoms with Gasteiger partial charge >= 0.3 is 0 Å². The van der Waals surface area contributed by atoms with Crippen molar-refractivity contribution in [2.45, 2.75) is 64.5 Å². The van der Waals surface area contributed by atoms with Crippen LogP contribution in [0.2, 0.25) is 0 Å². The molecule has 1 rings (SSSR count). The first kappa shape index (κ1) is 12.5. The zero-order valence-electron chi connectivity index (χ0n) is 9.64. The van der Waals surface area contributed by atoms with E-state index in [9.17, 15) is 0 Å². The standard InChI is InChI=1S/C12H24BrN/c1-3-6-11(2)14(10-9-13)12-7-4-5-8-12/h11-12H,3-10H2,1-2H3. The number of hydrogen-bond donors (Lipinski definition) is 0. The molecular weight excluding hydrogens is 238 g/mol. The molecule has 0 aromatic heterocycles. The highest BCUT2D eigenvalue weighted by Crippen LogP contribution is 2.26. The zero-order chi connectivity index (χ0) is 10.4. The van der Waals surface area contributed by atoms with E-state index in [2.05, 4.69) is 34.7 Å². The van der Waals surface area contributed by atoms with E-state index >= 15 is 0 Å². The fraction of sp³-hybridized carbons (Fsp3) is 1.00. The second-order valence-electron chi connectivity index (χ2n) is 4.50. The van der Waals surface area contributed by atoms with E-state index in [1.807, 2.05) is 0 Å². The molecule has 0 heterocycles. The Bertz CT molecular complexity index is 143. The van der Waals surface area contributed by atoms with Crippen molar-refractivity contribution in [3.63, 3.8) is 0 Å². The van der Waals surface area contributed by atoms with Crippen molar-refractivity contribution in [3.8, 4) is 0 Å². The molecule has 1 aliphatic carbocycles. The van der Waals surface area contributed by atoms with Crippen molar-refractivity contribution in [3.05, 3.63) is 0 Å². The Kier molecular flexibility index (Phi) is 6.11. The minimum absolute atomic E-state index is 0.778. The Morgan fingerprint density at radius 2 is 2.00 bits per heavy atom. The molecule has 14 heavy (non-hydrogen) atoms. The van der Waals surface area contributed by atoms with Crippen LogP contribution in [0.5, 0.6) is 0 Å². The van der Waals surface area contributed by atoms with Gasteiger partial charge in [0.2, 0.25) is 0 Å². The predicted octanol–water partition coefficient (Wildman–Crippen LogP) is 3.81. The van der Waals surface area contributed by atoms with Gasteiger partial charge in [-0.1, -0.05) is 42.1 Å². The van der Waals surface area contributed by atoms with Gasteiger partial charge in [0, 0.05) is 24.0 Å². The molecule has 0 saturated heterocycles. The van der Waals surface area contributed by atoms with Gasteiger partial charge in [-0.05, 0) is 26.2 Å². The van der Waals surface area contributed by atoms with Crippen LogP contribution in [0.4, 0.5) is 0 Å². The first-order valence-corrected chi connectivity index (χ1v) is 7.23. The van der Waals surface area contributed by atoms with Crippen molar-refractivity contribution < 1.29 is 0 Å². The van der Waals surface area contributed by atoms with E-state index < -0.39 is 0 Å². The fourth-order valence-corrected chi connectivity index (χ4v) is 3.09. The summed E-state index contributed by atoms with van der Waals surface area (Å²) in [6.45, 7) is 5.91. The molecule has 1 unspecified atom stereocenters. The summed E-state index contributed by atoms with van der Waals surface area (Å²) in [6.07, 6.45) is 8.42. The van der Waals surface area contributed by atoms with Crippen molar-refractivity contribution in [1.82, 2.24) is 4.90 Å². The van der Waals surface area contributed by atoms with Gasteiger partial charge in [-0.15, -0.1) is 0 Å². The van der Waals surface area contributed by atoms with Crippen molar-refractivity contribution in [2.75, 3.05) is 11.9 Å². The van der Waals surface area contributed by atoms with Gasteiger partial charge in [-0.2, -0.15) is 0 Å². The third-order valence-electron chi connectivity index (χ3n) is 3.41. The van der Waals surface area contributed by atoms with Crippen LogP contribution in [-0.2, 0) is 0 Å². The van der Waals surface area contributed by atoms with Gasteiger partial charge < -0.3 is 0 Å².